The fraction of sp³-hybridized carbons (Fsp3) is 0.625. The largest absolute Gasteiger partial charge is 0.366 e. The Morgan fingerprint density at radius 3 is 2.17 bits per heavy atom. The van der Waals surface area contributed by atoms with Crippen LogP contribution in [0.25, 0.3) is 0 Å². The molecule has 0 saturated heterocycles. The van der Waals surface area contributed by atoms with Gasteiger partial charge in [-0.3, -0.25) is 4.79 Å². The molecule has 0 aliphatic heterocycles. The Bertz CT molecular complexity index is 126. The molecule has 0 aromatic rings. The van der Waals surface area contributed by atoms with Gasteiger partial charge >= 0.3 is 0 Å². The Morgan fingerprint density at radius 2 is 2.08 bits per heavy atom. The number of primary amides is 1. The first kappa shape index (κ1) is 14.0. The first-order valence-electron chi connectivity index (χ1n) is 3.67. The Morgan fingerprint density at radius 1 is 1.67 bits per heavy atom. The van der Waals surface area contributed by atoms with Gasteiger partial charge in [-0.05, 0) is 33.1 Å². The zero-order chi connectivity index (χ0) is 9.98. The molecular weight excluding hydrogens is 176 g/mol. The first-order chi connectivity index (χ1) is 5.54. The smallest absolute Gasteiger partial charge is 0.240 e. The van der Waals surface area contributed by atoms with Crippen LogP contribution in [-0.2, 0) is 4.79 Å². The van der Waals surface area contributed by atoms with Crippen molar-refractivity contribution in [2.75, 3.05) is 26.5 Å². The topological polar surface area (TPSA) is 46.3 Å². The number of rotatable bonds is 4. The van der Waals surface area contributed by atoms with Crippen LogP contribution < -0.4 is 5.73 Å². The number of carbonyl (C=O) groups is 1. The van der Waals surface area contributed by atoms with Gasteiger partial charge in [0.05, 0.1) is 0 Å². The second-order valence-electron chi connectivity index (χ2n) is 2.45. The summed E-state index contributed by atoms with van der Waals surface area (Å²) in [6, 6.07) is 0. The predicted molar refractivity (Wildman–Crippen MR) is 53.3 cm³/mol. The van der Waals surface area contributed by atoms with Crippen molar-refractivity contribution in [3.8, 4) is 0 Å². The number of alkyl halides is 1. The zero-order valence-corrected chi connectivity index (χ0v) is 8.47. The van der Waals surface area contributed by atoms with E-state index in [-0.39, 0.29) is 0 Å². The summed E-state index contributed by atoms with van der Waals surface area (Å²) in [7, 11) is 4.10. The minimum Gasteiger partial charge on any atom is -0.366 e. The lowest BCUT2D eigenvalue weighted by Crippen LogP contribution is -2.12. The molecule has 0 heterocycles. The van der Waals surface area contributed by atoms with Gasteiger partial charge in [-0.15, -0.1) is 11.6 Å². The number of hydrogen-bond donors (Lipinski definition) is 1. The molecule has 0 radical (unpaired) electrons. The average Bonchev–Trinajstić information content (AvgIpc) is 2.02. The maximum atomic E-state index is 9.47. The van der Waals surface area contributed by atoms with Crippen molar-refractivity contribution in [2.24, 2.45) is 5.73 Å². The van der Waals surface area contributed by atoms with Crippen LogP contribution in [0.3, 0.4) is 0 Å². The third-order valence-electron chi connectivity index (χ3n) is 0.940. The van der Waals surface area contributed by atoms with Gasteiger partial charge in [0, 0.05) is 5.88 Å². The van der Waals surface area contributed by atoms with Crippen molar-refractivity contribution in [2.45, 2.75) is 6.42 Å². The minimum absolute atomic E-state index is 0.481. The molecule has 0 spiro atoms. The summed E-state index contributed by atoms with van der Waals surface area (Å²) in [6.45, 7) is 4.19. The molecule has 3 nitrogen and oxygen atoms in total. The number of nitrogens with zero attached hydrogens (tertiary/aromatic N) is 1. The van der Waals surface area contributed by atoms with E-state index >= 15 is 0 Å². The van der Waals surface area contributed by atoms with Gasteiger partial charge in [-0.1, -0.05) is 6.58 Å². The maximum absolute atomic E-state index is 9.47. The van der Waals surface area contributed by atoms with Gasteiger partial charge in [-0.25, -0.2) is 0 Å². The molecule has 0 aromatic carbocycles. The van der Waals surface area contributed by atoms with Crippen LogP contribution in [0.1, 0.15) is 6.42 Å². The second kappa shape index (κ2) is 10.5. The van der Waals surface area contributed by atoms with E-state index in [1.54, 1.807) is 0 Å². The average molecular weight is 193 g/mol. The third kappa shape index (κ3) is 22.7. The van der Waals surface area contributed by atoms with Crippen LogP contribution in [0.15, 0.2) is 12.7 Å². The lowest BCUT2D eigenvalue weighted by atomic mass is 10.5. The Labute approximate surface area is 79.2 Å². The number of halogens is 1. The molecule has 4 heteroatoms. The molecule has 0 fully saturated rings. The molecule has 0 bridgehead atoms. The fourth-order valence-electron chi connectivity index (χ4n) is 0.376. The van der Waals surface area contributed by atoms with E-state index in [4.69, 9.17) is 11.6 Å². The Kier molecular flexibility index (Phi) is 12.2. The van der Waals surface area contributed by atoms with Crippen LogP contribution >= 0.6 is 11.6 Å². The SMILES string of the molecule is C=CC(N)=O.CN(C)CCCCl. The molecule has 0 unspecified atom stereocenters. The highest BCUT2D eigenvalue weighted by molar-refractivity contribution is 6.17. The molecule has 2 N–H and O–H groups in total. The van der Waals surface area contributed by atoms with E-state index in [1.807, 2.05) is 14.1 Å². The van der Waals surface area contributed by atoms with E-state index < -0.39 is 5.91 Å². The van der Waals surface area contributed by atoms with Crippen LogP contribution in [0.2, 0.25) is 0 Å². The minimum atomic E-state index is -0.481. The summed E-state index contributed by atoms with van der Waals surface area (Å²) in [5.74, 6) is 0.294. The predicted octanol–water partition coefficient (Wildman–Crippen LogP) is 0.835. The number of carbonyl (C=O) groups excluding carboxylic acids is 1. The standard InChI is InChI=1S/C5H12ClN.C3H5NO/c1-7(2)5-3-4-6;1-2-3(4)5/h3-5H2,1-2H3;2H,1H2,(H2,4,5). The number of nitrogens with two attached hydrogens (primary N) is 1. The summed E-state index contributed by atoms with van der Waals surface area (Å²) < 4.78 is 0. The summed E-state index contributed by atoms with van der Waals surface area (Å²) in [5, 5.41) is 0. The number of hydrogen-bond acceptors (Lipinski definition) is 2. The van der Waals surface area contributed by atoms with Crippen molar-refractivity contribution in [1.29, 1.82) is 0 Å². The summed E-state index contributed by atoms with van der Waals surface area (Å²) in [5.41, 5.74) is 4.53. The van der Waals surface area contributed by atoms with E-state index in [2.05, 4.69) is 17.2 Å². The van der Waals surface area contributed by atoms with Gasteiger partial charge in [0.25, 0.3) is 0 Å². The fourth-order valence-corrected chi connectivity index (χ4v) is 0.496. The highest BCUT2D eigenvalue weighted by Crippen LogP contribution is 1.84. The zero-order valence-electron chi connectivity index (χ0n) is 7.72. The van der Waals surface area contributed by atoms with Crippen molar-refractivity contribution in [3.05, 3.63) is 12.7 Å². The molecular formula is C8H17ClN2O. The molecule has 0 aromatic heterocycles. The molecule has 12 heavy (non-hydrogen) atoms. The van der Waals surface area contributed by atoms with Crippen molar-refractivity contribution in [1.82, 2.24) is 4.90 Å². The molecule has 0 aliphatic rings. The van der Waals surface area contributed by atoms with E-state index in [9.17, 15) is 4.79 Å². The molecule has 0 saturated carbocycles. The normalized spacial score (nSPS) is 8.67. The molecule has 1 amide bonds. The van der Waals surface area contributed by atoms with Gasteiger partial charge in [-0.2, -0.15) is 0 Å². The van der Waals surface area contributed by atoms with Crippen LogP contribution in [0.5, 0.6) is 0 Å². The van der Waals surface area contributed by atoms with Crippen LogP contribution in [0.4, 0.5) is 0 Å². The highest BCUT2D eigenvalue weighted by Gasteiger charge is 1.84. The van der Waals surface area contributed by atoms with Gasteiger partial charge in [0.1, 0.15) is 0 Å². The third-order valence-corrected chi connectivity index (χ3v) is 1.21. The maximum Gasteiger partial charge on any atom is 0.240 e. The lowest BCUT2D eigenvalue weighted by molar-refractivity contribution is -0.113. The summed E-state index contributed by atoms with van der Waals surface area (Å²) >= 11 is 5.42. The molecule has 0 atom stereocenters. The van der Waals surface area contributed by atoms with Gasteiger partial charge in [0.15, 0.2) is 0 Å². The van der Waals surface area contributed by atoms with E-state index in [0.29, 0.717) is 0 Å². The Hall–Kier alpha value is -0.540. The second-order valence-corrected chi connectivity index (χ2v) is 2.83. The van der Waals surface area contributed by atoms with Gasteiger partial charge < -0.3 is 10.6 Å². The molecule has 0 aliphatic carbocycles. The van der Waals surface area contributed by atoms with Gasteiger partial charge in [0.2, 0.25) is 5.91 Å². The molecule has 0 rings (SSSR count). The number of amides is 1. The van der Waals surface area contributed by atoms with Crippen LogP contribution in [-0.4, -0.2) is 37.3 Å². The van der Waals surface area contributed by atoms with Crippen molar-refractivity contribution >= 4 is 17.5 Å². The van der Waals surface area contributed by atoms with E-state index in [1.165, 1.54) is 0 Å². The Balaban J connectivity index is 0. The van der Waals surface area contributed by atoms with Crippen molar-refractivity contribution < 1.29 is 4.79 Å². The lowest BCUT2D eigenvalue weighted by Gasteiger charge is -2.05. The first-order valence-corrected chi connectivity index (χ1v) is 4.20. The molecule has 72 valence electrons. The van der Waals surface area contributed by atoms with Crippen molar-refractivity contribution in [3.63, 3.8) is 0 Å². The van der Waals surface area contributed by atoms with E-state index in [0.717, 1.165) is 24.9 Å². The van der Waals surface area contributed by atoms with Crippen LogP contribution in [0, 0.1) is 0 Å². The highest BCUT2D eigenvalue weighted by atomic mass is 35.5. The summed E-state index contributed by atoms with van der Waals surface area (Å²) in [4.78, 5) is 11.6. The summed E-state index contributed by atoms with van der Waals surface area (Å²) in [6.07, 6.45) is 2.15. The monoisotopic (exact) mass is 192 g/mol. The quantitative estimate of drug-likeness (QED) is 0.530.